The molecule has 0 amide bonds. The number of aliphatic hydroxyl groups is 1. The highest BCUT2D eigenvalue weighted by Crippen LogP contribution is 2.29. The van der Waals surface area contributed by atoms with Gasteiger partial charge in [-0.15, -0.1) is 0 Å². The summed E-state index contributed by atoms with van der Waals surface area (Å²) in [7, 11) is -3.60. The number of nitrogens with zero attached hydrogens (tertiary/aromatic N) is 2. The van der Waals surface area contributed by atoms with Crippen LogP contribution < -0.4 is 0 Å². The lowest BCUT2D eigenvalue weighted by atomic mass is 10.1. The average molecular weight is 477 g/mol. The number of ether oxygens (including phenoxy) is 1. The van der Waals surface area contributed by atoms with Gasteiger partial charge in [-0.1, -0.05) is 18.1 Å². The Hall–Kier alpha value is -1.80. The van der Waals surface area contributed by atoms with Crippen LogP contribution in [0, 0.1) is 12.0 Å². The molecule has 10 heteroatoms. The zero-order chi connectivity index (χ0) is 23.6. The fourth-order valence-corrected chi connectivity index (χ4v) is 4.92. The smallest absolute Gasteiger partial charge is 0.395 e. The Bertz CT molecular complexity index is 856. The fraction of sp³-hybridized carbons (Fsp3) is 0.636. The number of sulfonamides is 1. The third-order valence-corrected chi connectivity index (χ3v) is 7.06. The van der Waals surface area contributed by atoms with Gasteiger partial charge < -0.3 is 14.7 Å². The number of rotatable bonds is 10. The summed E-state index contributed by atoms with van der Waals surface area (Å²) in [6.45, 7) is 4.54. The van der Waals surface area contributed by atoms with E-state index in [1.807, 2.05) is 11.8 Å². The lowest BCUT2D eigenvalue weighted by Crippen LogP contribution is -2.41. The molecule has 0 radical (unpaired) electrons. The molecule has 2 rings (SSSR count). The van der Waals surface area contributed by atoms with Crippen molar-refractivity contribution in [1.82, 2.24) is 9.21 Å². The lowest BCUT2D eigenvalue weighted by molar-refractivity contribution is -0.137. The molecule has 1 fully saturated rings. The second-order valence-corrected chi connectivity index (χ2v) is 9.58. The van der Waals surface area contributed by atoms with Crippen molar-refractivity contribution in [3.8, 4) is 12.0 Å². The first-order valence-electron chi connectivity index (χ1n) is 10.8. The third kappa shape index (κ3) is 8.62. The van der Waals surface area contributed by atoms with Gasteiger partial charge in [-0.25, -0.2) is 12.7 Å². The summed E-state index contributed by atoms with van der Waals surface area (Å²) in [4.78, 5) is 1.85. The molecule has 1 saturated heterocycles. The van der Waals surface area contributed by atoms with Crippen molar-refractivity contribution >= 4 is 10.0 Å². The van der Waals surface area contributed by atoms with Crippen LogP contribution in [0.2, 0.25) is 0 Å². The van der Waals surface area contributed by atoms with Gasteiger partial charge in [0.25, 0.3) is 0 Å². The monoisotopic (exact) mass is 476 g/mol. The largest absolute Gasteiger partial charge is 0.416 e. The van der Waals surface area contributed by atoms with E-state index in [-0.39, 0.29) is 18.5 Å². The van der Waals surface area contributed by atoms with Crippen LogP contribution in [0.5, 0.6) is 0 Å². The first-order valence-corrected chi connectivity index (χ1v) is 12.4. The first kappa shape index (κ1) is 26.5. The van der Waals surface area contributed by atoms with Crippen LogP contribution in [0.4, 0.5) is 13.2 Å². The Morgan fingerprint density at radius 1 is 1.22 bits per heavy atom. The van der Waals surface area contributed by atoms with Crippen molar-refractivity contribution in [2.24, 2.45) is 0 Å². The van der Waals surface area contributed by atoms with Crippen LogP contribution in [-0.4, -0.2) is 68.2 Å². The van der Waals surface area contributed by atoms with Gasteiger partial charge in [-0.3, -0.25) is 0 Å². The highest BCUT2D eigenvalue weighted by atomic mass is 32.2. The number of piperidine rings is 1. The van der Waals surface area contributed by atoms with E-state index >= 15 is 0 Å². The third-order valence-electron chi connectivity index (χ3n) is 5.21. The van der Waals surface area contributed by atoms with E-state index in [1.54, 1.807) is 0 Å². The van der Waals surface area contributed by atoms with Crippen LogP contribution in [0.15, 0.2) is 24.3 Å². The van der Waals surface area contributed by atoms with Gasteiger partial charge in [0.05, 0.1) is 24.0 Å². The predicted octanol–water partition coefficient (Wildman–Crippen LogP) is 3.07. The van der Waals surface area contributed by atoms with Crippen molar-refractivity contribution in [3.63, 3.8) is 0 Å². The molecule has 0 unspecified atom stereocenters. The van der Waals surface area contributed by atoms with E-state index in [9.17, 15) is 21.6 Å². The number of alkyl halides is 3. The van der Waals surface area contributed by atoms with Crippen molar-refractivity contribution in [2.45, 2.75) is 50.6 Å². The predicted molar refractivity (Wildman–Crippen MR) is 116 cm³/mol. The van der Waals surface area contributed by atoms with Crippen LogP contribution in [-0.2, 0) is 26.7 Å². The van der Waals surface area contributed by atoms with Crippen molar-refractivity contribution < 1.29 is 31.4 Å². The summed E-state index contributed by atoms with van der Waals surface area (Å²) in [6, 6.07) is 7.23. The molecule has 6 nitrogen and oxygen atoms in total. The van der Waals surface area contributed by atoms with Gasteiger partial charge in [0.15, 0.2) is 0 Å². The fourth-order valence-electron chi connectivity index (χ4n) is 3.36. The minimum atomic E-state index is -4.44. The SMILES string of the molecule is CCN(C#CCCCOC1CCN(S(=O)(=O)Cc2ccc(C(F)(F)F)cc2)CC1)CCO. The Kier molecular flexibility index (Phi) is 10.3. The van der Waals surface area contributed by atoms with E-state index in [0.717, 1.165) is 25.1 Å². The Labute approximate surface area is 188 Å². The van der Waals surface area contributed by atoms with Gasteiger partial charge >= 0.3 is 6.18 Å². The summed E-state index contributed by atoms with van der Waals surface area (Å²) in [5, 5.41) is 8.92. The molecule has 0 aliphatic carbocycles. The minimum Gasteiger partial charge on any atom is -0.395 e. The van der Waals surface area contributed by atoms with Gasteiger partial charge in [-0.2, -0.15) is 13.2 Å². The van der Waals surface area contributed by atoms with Gasteiger partial charge in [0, 0.05) is 45.3 Å². The standard InChI is InChI=1S/C22H31F3N2O4S/c1-2-26(15-16-28)12-4-3-5-17-31-21-10-13-27(14-11-21)32(29,30)18-19-6-8-20(9-7-19)22(23,24)25/h6-9,21,28H,2-3,5,10-11,13-18H2,1H3. The first-order chi connectivity index (χ1) is 15.2. The van der Waals surface area contributed by atoms with E-state index < -0.39 is 21.8 Å². The molecule has 1 aliphatic rings. The Balaban J connectivity index is 1.72. The molecule has 0 aromatic heterocycles. The molecule has 1 aromatic rings. The lowest BCUT2D eigenvalue weighted by Gasteiger charge is -2.31. The second kappa shape index (κ2) is 12.4. The van der Waals surface area contributed by atoms with Gasteiger partial charge in [-0.05, 0) is 43.9 Å². The van der Waals surface area contributed by atoms with E-state index in [2.05, 4.69) is 12.0 Å². The van der Waals surface area contributed by atoms with Crippen LogP contribution in [0.3, 0.4) is 0 Å². The van der Waals surface area contributed by atoms with Gasteiger partial charge in [0.1, 0.15) is 0 Å². The molecule has 0 bridgehead atoms. The molecule has 1 aromatic carbocycles. The Morgan fingerprint density at radius 3 is 2.44 bits per heavy atom. The summed E-state index contributed by atoms with van der Waals surface area (Å²) in [6.07, 6.45) is -1.84. The zero-order valence-electron chi connectivity index (χ0n) is 18.3. The molecular weight excluding hydrogens is 445 g/mol. The maximum atomic E-state index is 12.7. The minimum absolute atomic E-state index is 0.0120. The number of halogens is 3. The van der Waals surface area contributed by atoms with Crippen molar-refractivity contribution in [2.75, 3.05) is 39.4 Å². The van der Waals surface area contributed by atoms with E-state index in [4.69, 9.17) is 9.84 Å². The zero-order valence-corrected chi connectivity index (χ0v) is 19.1. The summed E-state index contributed by atoms with van der Waals surface area (Å²) < 4.78 is 70.4. The number of hydrogen-bond donors (Lipinski definition) is 1. The maximum absolute atomic E-state index is 12.7. The summed E-state index contributed by atoms with van der Waals surface area (Å²) >= 11 is 0. The van der Waals surface area contributed by atoms with Crippen molar-refractivity contribution in [1.29, 1.82) is 0 Å². The number of likely N-dealkylation sites (N-methyl/N-ethyl adjacent to an activating group) is 1. The second-order valence-electron chi connectivity index (χ2n) is 7.62. The van der Waals surface area contributed by atoms with E-state index in [0.29, 0.717) is 51.1 Å². The number of hydrogen-bond acceptors (Lipinski definition) is 5. The highest BCUT2D eigenvalue weighted by Gasteiger charge is 2.31. The van der Waals surface area contributed by atoms with Crippen LogP contribution in [0.25, 0.3) is 0 Å². The molecule has 0 saturated carbocycles. The van der Waals surface area contributed by atoms with E-state index in [1.165, 1.54) is 16.4 Å². The van der Waals surface area contributed by atoms with Crippen LogP contribution >= 0.6 is 0 Å². The normalized spacial score (nSPS) is 15.9. The number of benzene rings is 1. The summed E-state index contributed by atoms with van der Waals surface area (Å²) in [5.74, 6) is 2.74. The molecule has 32 heavy (non-hydrogen) atoms. The number of aliphatic hydroxyl groups excluding tert-OH is 1. The quantitative estimate of drug-likeness (QED) is 0.319. The average Bonchev–Trinajstić information content (AvgIpc) is 2.75. The maximum Gasteiger partial charge on any atom is 0.416 e. The molecule has 0 atom stereocenters. The van der Waals surface area contributed by atoms with Gasteiger partial charge in [0.2, 0.25) is 10.0 Å². The molecule has 0 spiro atoms. The molecule has 180 valence electrons. The molecule has 1 heterocycles. The number of unbranched alkanes of at least 4 members (excludes halogenated alkanes) is 1. The molecular formula is C22H31F3N2O4S. The molecule has 1 N–H and O–H groups in total. The van der Waals surface area contributed by atoms with Crippen molar-refractivity contribution in [3.05, 3.63) is 35.4 Å². The topological polar surface area (TPSA) is 70.1 Å². The summed E-state index contributed by atoms with van der Waals surface area (Å²) in [5.41, 5.74) is -0.464. The molecule has 1 aliphatic heterocycles. The Morgan fingerprint density at radius 2 is 1.88 bits per heavy atom. The van der Waals surface area contributed by atoms with Crippen LogP contribution in [0.1, 0.15) is 43.7 Å². The highest BCUT2D eigenvalue weighted by molar-refractivity contribution is 7.88.